The van der Waals surface area contributed by atoms with E-state index in [0.29, 0.717) is 13.1 Å². The number of Topliss-reactive ketones (excluding diaryl/α,β-unsaturated/α-hetero) is 2. The van der Waals surface area contributed by atoms with Gasteiger partial charge in [0.05, 0.1) is 13.1 Å². The normalized spacial score (nSPS) is 10.5. The molecule has 76 valence electrons. The van der Waals surface area contributed by atoms with Crippen LogP contribution in [0.25, 0.3) is 0 Å². The van der Waals surface area contributed by atoms with Gasteiger partial charge in [-0.1, -0.05) is 13.3 Å². The van der Waals surface area contributed by atoms with Crippen LogP contribution in [0.4, 0.5) is 0 Å². The maximum atomic E-state index is 10.8. The van der Waals surface area contributed by atoms with E-state index >= 15 is 0 Å². The van der Waals surface area contributed by atoms with E-state index in [9.17, 15) is 9.59 Å². The second-order valence-corrected chi connectivity index (χ2v) is 3.47. The predicted molar refractivity (Wildman–Crippen MR) is 52.7 cm³/mol. The first-order valence-corrected chi connectivity index (χ1v) is 4.77. The third kappa shape index (κ3) is 7.65. The van der Waals surface area contributed by atoms with Crippen molar-refractivity contribution in [1.29, 1.82) is 0 Å². The van der Waals surface area contributed by atoms with Gasteiger partial charge in [0, 0.05) is 0 Å². The molecule has 0 aliphatic heterocycles. The van der Waals surface area contributed by atoms with Gasteiger partial charge in [0.1, 0.15) is 11.6 Å². The van der Waals surface area contributed by atoms with E-state index < -0.39 is 0 Å². The number of carbonyl (C=O) groups is 2. The van der Waals surface area contributed by atoms with E-state index in [1.54, 1.807) is 13.8 Å². The van der Waals surface area contributed by atoms with Crippen LogP contribution >= 0.6 is 0 Å². The maximum Gasteiger partial charge on any atom is 0.143 e. The van der Waals surface area contributed by atoms with E-state index in [1.165, 1.54) is 0 Å². The smallest absolute Gasteiger partial charge is 0.143 e. The zero-order valence-corrected chi connectivity index (χ0v) is 8.80. The van der Waals surface area contributed by atoms with Crippen LogP contribution in [0.1, 0.15) is 33.6 Å². The Morgan fingerprint density at radius 3 is 1.85 bits per heavy atom. The molecule has 0 unspecified atom stereocenters. The average Bonchev–Trinajstić information content (AvgIpc) is 1.98. The highest BCUT2D eigenvalue weighted by atomic mass is 16.1. The number of rotatable bonds is 7. The molecule has 3 nitrogen and oxygen atoms in total. The molecule has 0 aromatic carbocycles. The number of hydrogen-bond acceptors (Lipinski definition) is 3. The van der Waals surface area contributed by atoms with Crippen molar-refractivity contribution in [2.24, 2.45) is 0 Å². The molecule has 0 radical (unpaired) electrons. The van der Waals surface area contributed by atoms with E-state index in [0.717, 1.165) is 19.4 Å². The molecule has 0 aliphatic carbocycles. The molecule has 0 fully saturated rings. The lowest BCUT2D eigenvalue weighted by molar-refractivity contribution is -0.120. The van der Waals surface area contributed by atoms with Crippen LogP contribution in [0.15, 0.2) is 0 Å². The minimum absolute atomic E-state index is 0.123. The van der Waals surface area contributed by atoms with Gasteiger partial charge in [-0.3, -0.25) is 14.5 Å². The van der Waals surface area contributed by atoms with Crippen molar-refractivity contribution in [1.82, 2.24) is 4.90 Å². The molecule has 0 amide bonds. The third-order valence-electron chi connectivity index (χ3n) is 1.72. The van der Waals surface area contributed by atoms with Gasteiger partial charge in [0.15, 0.2) is 0 Å². The molecule has 0 spiro atoms. The molecule has 13 heavy (non-hydrogen) atoms. The standard InChI is InChI=1S/C10H19NO2/c1-4-5-6-11(7-9(2)12)8-10(3)13/h4-8H2,1-3H3. The molecule has 0 N–H and O–H groups in total. The fourth-order valence-corrected chi connectivity index (χ4v) is 1.23. The van der Waals surface area contributed by atoms with E-state index in [1.807, 2.05) is 4.90 Å². The summed E-state index contributed by atoms with van der Waals surface area (Å²) in [5.41, 5.74) is 0. The first kappa shape index (κ1) is 12.3. The topological polar surface area (TPSA) is 37.4 Å². The Morgan fingerprint density at radius 1 is 1.08 bits per heavy atom. The molecule has 0 aromatic rings. The van der Waals surface area contributed by atoms with Gasteiger partial charge in [-0.15, -0.1) is 0 Å². The van der Waals surface area contributed by atoms with Crippen LogP contribution in [0.3, 0.4) is 0 Å². The van der Waals surface area contributed by atoms with Gasteiger partial charge < -0.3 is 0 Å². The summed E-state index contributed by atoms with van der Waals surface area (Å²) >= 11 is 0. The molecule has 3 heteroatoms. The zero-order valence-electron chi connectivity index (χ0n) is 8.80. The van der Waals surface area contributed by atoms with Crippen LogP contribution in [0.2, 0.25) is 0 Å². The van der Waals surface area contributed by atoms with Crippen molar-refractivity contribution in [3.8, 4) is 0 Å². The Balaban J connectivity index is 3.87. The summed E-state index contributed by atoms with van der Waals surface area (Å²) in [6.45, 7) is 6.85. The van der Waals surface area contributed by atoms with Crippen molar-refractivity contribution < 1.29 is 9.59 Å². The van der Waals surface area contributed by atoms with Gasteiger partial charge in [0.25, 0.3) is 0 Å². The number of carbonyl (C=O) groups excluding carboxylic acids is 2. The van der Waals surface area contributed by atoms with Gasteiger partial charge in [-0.25, -0.2) is 0 Å². The van der Waals surface area contributed by atoms with Gasteiger partial charge >= 0.3 is 0 Å². The Morgan fingerprint density at radius 2 is 1.54 bits per heavy atom. The molecule has 0 bridgehead atoms. The maximum absolute atomic E-state index is 10.8. The lowest BCUT2D eigenvalue weighted by atomic mass is 10.2. The lowest BCUT2D eigenvalue weighted by Crippen LogP contribution is -2.33. The largest absolute Gasteiger partial charge is 0.299 e. The van der Waals surface area contributed by atoms with Gasteiger partial charge in [-0.05, 0) is 26.8 Å². The van der Waals surface area contributed by atoms with Crippen molar-refractivity contribution in [3.05, 3.63) is 0 Å². The number of ketones is 2. The van der Waals surface area contributed by atoms with E-state index in [-0.39, 0.29) is 11.6 Å². The Kier molecular flexibility index (Phi) is 6.41. The van der Waals surface area contributed by atoms with Crippen LogP contribution in [-0.4, -0.2) is 36.1 Å². The summed E-state index contributed by atoms with van der Waals surface area (Å²) in [6, 6.07) is 0. The summed E-state index contributed by atoms with van der Waals surface area (Å²) < 4.78 is 0. The summed E-state index contributed by atoms with van der Waals surface area (Å²) in [4.78, 5) is 23.6. The molecule has 0 saturated carbocycles. The molecule has 0 saturated heterocycles. The van der Waals surface area contributed by atoms with Gasteiger partial charge in [-0.2, -0.15) is 0 Å². The summed E-state index contributed by atoms with van der Waals surface area (Å²) in [6.07, 6.45) is 2.13. The third-order valence-corrected chi connectivity index (χ3v) is 1.72. The molecule has 0 aromatic heterocycles. The second kappa shape index (κ2) is 6.78. The number of unbranched alkanes of at least 4 members (excludes halogenated alkanes) is 1. The monoisotopic (exact) mass is 185 g/mol. The Hall–Kier alpha value is -0.700. The molecule has 0 atom stereocenters. The predicted octanol–water partition coefficient (Wildman–Crippen LogP) is 1.27. The fraction of sp³-hybridized carbons (Fsp3) is 0.800. The molecule has 0 rings (SSSR count). The zero-order chi connectivity index (χ0) is 10.3. The second-order valence-electron chi connectivity index (χ2n) is 3.47. The molecule has 0 aliphatic rings. The Labute approximate surface area is 80.1 Å². The number of hydrogen-bond donors (Lipinski definition) is 0. The van der Waals surface area contributed by atoms with Gasteiger partial charge in [0.2, 0.25) is 0 Å². The minimum atomic E-state index is 0.123. The summed E-state index contributed by atoms with van der Waals surface area (Å²) in [5, 5.41) is 0. The SMILES string of the molecule is CCCCN(CC(C)=O)CC(C)=O. The van der Waals surface area contributed by atoms with Crippen molar-refractivity contribution in [3.63, 3.8) is 0 Å². The highest BCUT2D eigenvalue weighted by molar-refractivity contribution is 5.80. The molecule has 0 heterocycles. The minimum Gasteiger partial charge on any atom is -0.299 e. The van der Waals surface area contributed by atoms with E-state index in [4.69, 9.17) is 0 Å². The molecular formula is C10H19NO2. The molecular weight excluding hydrogens is 166 g/mol. The quantitative estimate of drug-likeness (QED) is 0.599. The first-order valence-electron chi connectivity index (χ1n) is 4.77. The highest BCUT2D eigenvalue weighted by Crippen LogP contribution is 1.95. The van der Waals surface area contributed by atoms with Crippen molar-refractivity contribution in [2.45, 2.75) is 33.6 Å². The van der Waals surface area contributed by atoms with Crippen molar-refractivity contribution >= 4 is 11.6 Å². The fourth-order valence-electron chi connectivity index (χ4n) is 1.23. The van der Waals surface area contributed by atoms with Crippen LogP contribution in [0, 0.1) is 0 Å². The van der Waals surface area contributed by atoms with Crippen molar-refractivity contribution in [2.75, 3.05) is 19.6 Å². The Bertz CT molecular complexity index is 162. The average molecular weight is 185 g/mol. The number of nitrogens with zero attached hydrogens (tertiary/aromatic N) is 1. The van der Waals surface area contributed by atoms with Crippen LogP contribution in [-0.2, 0) is 9.59 Å². The summed E-state index contributed by atoms with van der Waals surface area (Å²) in [5.74, 6) is 0.245. The summed E-state index contributed by atoms with van der Waals surface area (Å²) in [7, 11) is 0. The highest BCUT2D eigenvalue weighted by Gasteiger charge is 2.08. The first-order chi connectivity index (χ1) is 6.06. The lowest BCUT2D eigenvalue weighted by Gasteiger charge is -2.18. The van der Waals surface area contributed by atoms with Crippen LogP contribution in [0.5, 0.6) is 0 Å². The van der Waals surface area contributed by atoms with Crippen LogP contribution < -0.4 is 0 Å². The van der Waals surface area contributed by atoms with E-state index in [2.05, 4.69) is 6.92 Å².